The third-order valence-corrected chi connectivity index (χ3v) is 3.46. The van der Waals surface area contributed by atoms with Crippen molar-refractivity contribution in [1.82, 2.24) is 4.90 Å². The van der Waals surface area contributed by atoms with E-state index in [2.05, 4.69) is 22.9 Å². The summed E-state index contributed by atoms with van der Waals surface area (Å²) in [5.74, 6) is 1.19. The van der Waals surface area contributed by atoms with E-state index in [0.717, 1.165) is 6.42 Å². The van der Waals surface area contributed by atoms with E-state index in [9.17, 15) is 4.79 Å². The fourth-order valence-corrected chi connectivity index (χ4v) is 2.13. The molecule has 1 unspecified atom stereocenters. The van der Waals surface area contributed by atoms with Crippen LogP contribution in [0.1, 0.15) is 23.7 Å². The number of hydrogen-bond acceptors (Lipinski definition) is 3. The topological polar surface area (TPSA) is 38.8 Å². The molecule has 2 rings (SSSR count). The van der Waals surface area contributed by atoms with Crippen molar-refractivity contribution in [2.75, 3.05) is 26.8 Å². The van der Waals surface area contributed by atoms with Gasteiger partial charge in [-0.1, -0.05) is 28.9 Å². The van der Waals surface area contributed by atoms with Gasteiger partial charge in [0.25, 0.3) is 5.91 Å². The molecular formula is C14H18BrNO3. The van der Waals surface area contributed by atoms with E-state index < -0.39 is 0 Å². The quantitative estimate of drug-likeness (QED) is 0.798. The Hall–Kier alpha value is -1.23. The van der Waals surface area contributed by atoms with Crippen LogP contribution in [0.25, 0.3) is 0 Å². The number of carbonyl (C=O) groups is 1. The van der Waals surface area contributed by atoms with Crippen molar-refractivity contribution in [1.29, 1.82) is 0 Å². The maximum atomic E-state index is 12.4. The van der Waals surface area contributed by atoms with Gasteiger partial charge in [-0.25, -0.2) is 0 Å². The van der Waals surface area contributed by atoms with Gasteiger partial charge in [0.1, 0.15) is 13.2 Å². The van der Waals surface area contributed by atoms with E-state index in [1.165, 1.54) is 0 Å². The number of nitrogens with zero attached hydrogens (tertiary/aromatic N) is 1. The van der Waals surface area contributed by atoms with Gasteiger partial charge < -0.3 is 14.4 Å². The summed E-state index contributed by atoms with van der Waals surface area (Å²) in [6, 6.07) is 5.43. The summed E-state index contributed by atoms with van der Waals surface area (Å²) < 4.78 is 11.1. The highest BCUT2D eigenvalue weighted by atomic mass is 79.9. The van der Waals surface area contributed by atoms with Crippen LogP contribution in [-0.4, -0.2) is 42.4 Å². The first kappa shape index (κ1) is 14.2. The second-order valence-electron chi connectivity index (χ2n) is 4.63. The Bertz CT molecular complexity index is 462. The summed E-state index contributed by atoms with van der Waals surface area (Å²) in [6.07, 6.45) is 0.911. The number of fused-ring (bicyclic) bond motifs is 1. The lowest BCUT2D eigenvalue weighted by Crippen LogP contribution is -2.30. The number of hydrogen-bond donors (Lipinski definition) is 0. The monoisotopic (exact) mass is 327 g/mol. The van der Waals surface area contributed by atoms with Crippen molar-refractivity contribution < 1.29 is 14.3 Å². The number of benzene rings is 1. The van der Waals surface area contributed by atoms with E-state index in [-0.39, 0.29) is 5.91 Å². The van der Waals surface area contributed by atoms with Crippen LogP contribution < -0.4 is 9.47 Å². The average Bonchev–Trinajstić information content (AvgIpc) is 2.43. The Morgan fingerprint density at radius 3 is 2.89 bits per heavy atom. The van der Waals surface area contributed by atoms with E-state index >= 15 is 0 Å². The van der Waals surface area contributed by atoms with Crippen molar-refractivity contribution in [3.05, 3.63) is 23.8 Å². The standard InChI is InChI=1S/C14H18BrNO3/c1-10(15)6-7-16(2)14(17)11-4-3-5-12-13(11)19-9-8-18-12/h3-5,10H,6-9H2,1-2H3. The predicted molar refractivity (Wildman–Crippen MR) is 77.4 cm³/mol. The molecule has 0 saturated carbocycles. The number of alkyl halides is 1. The summed E-state index contributed by atoms with van der Waals surface area (Å²) in [7, 11) is 1.81. The van der Waals surface area contributed by atoms with E-state index in [1.807, 2.05) is 12.1 Å². The smallest absolute Gasteiger partial charge is 0.257 e. The third-order valence-electron chi connectivity index (χ3n) is 3.01. The minimum Gasteiger partial charge on any atom is -0.486 e. The second kappa shape index (κ2) is 6.28. The molecule has 1 aliphatic heterocycles. The number of carbonyl (C=O) groups excluding carboxylic acids is 1. The van der Waals surface area contributed by atoms with E-state index in [4.69, 9.17) is 9.47 Å². The van der Waals surface area contributed by atoms with Crippen LogP contribution in [0.3, 0.4) is 0 Å². The molecule has 19 heavy (non-hydrogen) atoms. The molecule has 0 N–H and O–H groups in total. The Kier molecular flexibility index (Phi) is 4.69. The SMILES string of the molecule is CC(Br)CCN(C)C(=O)c1cccc2c1OCCO2. The van der Waals surface area contributed by atoms with Gasteiger partial charge in [-0.05, 0) is 18.6 Å². The number of ether oxygens (including phenoxy) is 2. The first-order valence-electron chi connectivity index (χ1n) is 6.37. The van der Waals surface area contributed by atoms with Gasteiger partial charge in [0.05, 0.1) is 5.56 Å². The second-order valence-corrected chi connectivity index (χ2v) is 6.19. The highest BCUT2D eigenvalue weighted by Gasteiger charge is 2.22. The molecule has 104 valence electrons. The van der Waals surface area contributed by atoms with Crippen LogP contribution >= 0.6 is 15.9 Å². The van der Waals surface area contributed by atoms with Crippen molar-refractivity contribution in [2.24, 2.45) is 0 Å². The number of rotatable bonds is 4. The molecule has 5 heteroatoms. The average molecular weight is 328 g/mol. The van der Waals surface area contributed by atoms with Crippen molar-refractivity contribution in [3.63, 3.8) is 0 Å². The molecule has 0 radical (unpaired) electrons. The molecule has 1 aromatic rings. The fraction of sp³-hybridized carbons (Fsp3) is 0.500. The molecule has 1 heterocycles. The highest BCUT2D eigenvalue weighted by molar-refractivity contribution is 9.09. The molecule has 0 spiro atoms. The van der Waals surface area contributed by atoms with Crippen LogP contribution in [-0.2, 0) is 0 Å². The lowest BCUT2D eigenvalue weighted by atomic mass is 10.1. The summed E-state index contributed by atoms with van der Waals surface area (Å²) in [4.78, 5) is 14.5. The zero-order valence-electron chi connectivity index (χ0n) is 11.2. The van der Waals surface area contributed by atoms with Gasteiger partial charge in [-0.2, -0.15) is 0 Å². The molecule has 1 aromatic carbocycles. The lowest BCUT2D eigenvalue weighted by molar-refractivity contribution is 0.0783. The Morgan fingerprint density at radius 1 is 1.42 bits per heavy atom. The van der Waals surface area contributed by atoms with Crippen LogP contribution in [0.15, 0.2) is 18.2 Å². The normalized spacial score (nSPS) is 14.9. The zero-order valence-corrected chi connectivity index (χ0v) is 12.8. The van der Waals surface area contributed by atoms with Gasteiger partial charge >= 0.3 is 0 Å². The molecule has 4 nitrogen and oxygen atoms in total. The maximum absolute atomic E-state index is 12.4. The summed E-state index contributed by atoms with van der Waals surface area (Å²) >= 11 is 3.49. The first-order valence-corrected chi connectivity index (χ1v) is 7.29. The summed E-state index contributed by atoms with van der Waals surface area (Å²) in [5, 5.41) is 0. The van der Waals surface area contributed by atoms with Gasteiger partial charge in [0.2, 0.25) is 0 Å². The molecule has 0 aromatic heterocycles. The maximum Gasteiger partial charge on any atom is 0.257 e. The Morgan fingerprint density at radius 2 is 2.16 bits per heavy atom. The highest BCUT2D eigenvalue weighted by Crippen LogP contribution is 2.34. The number of halogens is 1. The minimum absolute atomic E-state index is 0.0319. The fourth-order valence-electron chi connectivity index (χ4n) is 1.92. The van der Waals surface area contributed by atoms with Gasteiger partial charge in [0, 0.05) is 18.4 Å². The summed E-state index contributed by atoms with van der Waals surface area (Å²) in [5.41, 5.74) is 0.571. The summed E-state index contributed by atoms with van der Waals surface area (Å²) in [6.45, 7) is 3.79. The molecule has 0 fully saturated rings. The van der Waals surface area contributed by atoms with E-state index in [0.29, 0.717) is 41.6 Å². The lowest BCUT2D eigenvalue weighted by Gasteiger charge is -2.23. The van der Waals surface area contributed by atoms with Crippen LogP contribution in [0.5, 0.6) is 11.5 Å². The van der Waals surface area contributed by atoms with E-state index in [1.54, 1.807) is 18.0 Å². The Labute approximate surface area is 121 Å². The first-order chi connectivity index (χ1) is 9.09. The molecule has 1 aliphatic rings. The van der Waals surface area contributed by atoms with Crippen molar-refractivity contribution >= 4 is 21.8 Å². The van der Waals surface area contributed by atoms with Gasteiger partial charge in [-0.15, -0.1) is 0 Å². The van der Waals surface area contributed by atoms with Crippen molar-refractivity contribution in [2.45, 2.75) is 18.2 Å². The minimum atomic E-state index is -0.0319. The largest absolute Gasteiger partial charge is 0.486 e. The number of para-hydroxylation sites is 1. The predicted octanol–water partition coefficient (Wildman–Crippen LogP) is 2.70. The molecule has 1 amide bonds. The van der Waals surface area contributed by atoms with Crippen molar-refractivity contribution in [3.8, 4) is 11.5 Å². The molecule has 0 saturated heterocycles. The zero-order chi connectivity index (χ0) is 13.8. The van der Waals surface area contributed by atoms with Gasteiger partial charge in [-0.3, -0.25) is 4.79 Å². The molecule has 1 atom stereocenters. The molecule has 0 aliphatic carbocycles. The van der Waals surface area contributed by atoms with Gasteiger partial charge in [0.15, 0.2) is 11.5 Å². The van der Waals surface area contributed by atoms with Crippen LogP contribution in [0, 0.1) is 0 Å². The third kappa shape index (κ3) is 3.41. The Balaban J connectivity index is 2.15. The molecular weight excluding hydrogens is 310 g/mol. The molecule has 0 bridgehead atoms. The number of amides is 1. The van der Waals surface area contributed by atoms with Crippen LogP contribution in [0.4, 0.5) is 0 Å². The van der Waals surface area contributed by atoms with Crippen LogP contribution in [0.2, 0.25) is 0 Å².